The Balaban J connectivity index is 2.41. The van der Waals surface area contributed by atoms with Crippen molar-refractivity contribution in [2.75, 3.05) is 0 Å². The molecule has 0 bridgehead atoms. The zero-order valence-corrected chi connectivity index (χ0v) is 11.0. The zero-order valence-electron chi connectivity index (χ0n) is 11.0. The lowest BCUT2D eigenvalue weighted by Gasteiger charge is -2.14. The van der Waals surface area contributed by atoms with Crippen LogP contribution < -0.4 is 0 Å². The van der Waals surface area contributed by atoms with Crippen molar-refractivity contribution in [2.45, 2.75) is 25.9 Å². The Hall–Kier alpha value is -1.81. The second kappa shape index (κ2) is 6.09. The first kappa shape index (κ1) is 14.6. The molecule has 0 saturated carbocycles. The fourth-order valence-corrected chi connectivity index (χ4v) is 2.19. The van der Waals surface area contributed by atoms with Crippen molar-refractivity contribution in [1.82, 2.24) is 0 Å². The van der Waals surface area contributed by atoms with E-state index in [0.29, 0.717) is 17.7 Å². The summed E-state index contributed by atoms with van der Waals surface area (Å²) in [6.45, 7) is 2.02. The molecule has 1 N–H and O–H groups in total. The van der Waals surface area contributed by atoms with Gasteiger partial charge < -0.3 is 5.11 Å². The molecule has 0 aliphatic heterocycles. The van der Waals surface area contributed by atoms with Crippen LogP contribution in [-0.2, 0) is 6.42 Å². The molecule has 0 spiro atoms. The summed E-state index contributed by atoms with van der Waals surface area (Å²) in [5.41, 5.74) is 0.840. The number of benzene rings is 2. The van der Waals surface area contributed by atoms with Gasteiger partial charge in [-0.05, 0) is 17.5 Å². The van der Waals surface area contributed by atoms with Gasteiger partial charge in [-0.3, -0.25) is 0 Å². The van der Waals surface area contributed by atoms with E-state index in [2.05, 4.69) is 0 Å². The van der Waals surface area contributed by atoms with Gasteiger partial charge in [0, 0.05) is 12.1 Å². The number of halogens is 3. The highest BCUT2D eigenvalue weighted by Crippen LogP contribution is 2.28. The molecule has 0 radical (unpaired) electrons. The highest BCUT2D eigenvalue weighted by atomic mass is 19.1. The lowest BCUT2D eigenvalue weighted by Crippen LogP contribution is -2.07. The molecule has 4 heteroatoms. The molecule has 0 aliphatic rings. The Labute approximate surface area is 115 Å². The summed E-state index contributed by atoms with van der Waals surface area (Å²) in [4.78, 5) is 0. The molecule has 1 unspecified atom stereocenters. The van der Waals surface area contributed by atoms with Crippen LogP contribution in [0.1, 0.15) is 36.1 Å². The fraction of sp³-hybridized carbons (Fsp3) is 0.250. The third-order valence-corrected chi connectivity index (χ3v) is 3.12. The molecule has 0 aromatic heterocycles. The van der Waals surface area contributed by atoms with Gasteiger partial charge in [-0.2, -0.15) is 0 Å². The quantitative estimate of drug-likeness (QED) is 0.892. The van der Waals surface area contributed by atoms with Gasteiger partial charge in [0.25, 0.3) is 0 Å². The average Bonchev–Trinajstić information content (AvgIpc) is 2.38. The second-order valence-electron chi connectivity index (χ2n) is 4.68. The molecule has 20 heavy (non-hydrogen) atoms. The van der Waals surface area contributed by atoms with Gasteiger partial charge in [-0.25, -0.2) is 13.2 Å². The summed E-state index contributed by atoms with van der Waals surface area (Å²) in [7, 11) is 0. The lowest BCUT2D eigenvalue weighted by molar-refractivity contribution is 0.208. The predicted molar refractivity (Wildman–Crippen MR) is 70.8 cm³/mol. The molecule has 1 nitrogen and oxygen atoms in total. The van der Waals surface area contributed by atoms with E-state index in [9.17, 15) is 18.3 Å². The molecule has 0 fully saturated rings. The van der Waals surface area contributed by atoms with Gasteiger partial charge >= 0.3 is 0 Å². The number of aliphatic hydroxyl groups excluding tert-OH is 1. The van der Waals surface area contributed by atoms with E-state index in [1.807, 2.05) is 13.0 Å². The second-order valence-corrected chi connectivity index (χ2v) is 4.68. The molecule has 1 atom stereocenters. The molecule has 2 aromatic rings. The first-order valence-corrected chi connectivity index (χ1v) is 6.44. The largest absolute Gasteiger partial charge is 0.383 e. The maximum absolute atomic E-state index is 13.7. The highest BCUT2D eigenvalue weighted by Gasteiger charge is 2.21. The minimum atomic E-state index is -1.45. The molecule has 2 aromatic carbocycles. The Bertz CT molecular complexity index is 587. The van der Waals surface area contributed by atoms with Crippen molar-refractivity contribution in [3.05, 3.63) is 70.5 Å². The van der Waals surface area contributed by atoms with Crippen molar-refractivity contribution >= 4 is 0 Å². The maximum atomic E-state index is 13.7. The zero-order chi connectivity index (χ0) is 14.7. The Kier molecular flexibility index (Phi) is 4.45. The van der Waals surface area contributed by atoms with E-state index in [1.54, 1.807) is 18.2 Å². The van der Waals surface area contributed by atoms with Crippen molar-refractivity contribution in [1.29, 1.82) is 0 Å². The first-order chi connectivity index (χ1) is 9.52. The highest BCUT2D eigenvalue weighted by molar-refractivity contribution is 5.34. The average molecular weight is 280 g/mol. The van der Waals surface area contributed by atoms with Crippen molar-refractivity contribution in [3.63, 3.8) is 0 Å². The van der Waals surface area contributed by atoms with Gasteiger partial charge in [0.1, 0.15) is 23.6 Å². The molecular weight excluding hydrogens is 265 g/mol. The maximum Gasteiger partial charge on any atom is 0.135 e. The van der Waals surface area contributed by atoms with E-state index in [-0.39, 0.29) is 0 Å². The van der Waals surface area contributed by atoms with E-state index in [1.165, 1.54) is 0 Å². The summed E-state index contributed by atoms with van der Waals surface area (Å²) in [5.74, 6) is -3.18. The fourth-order valence-electron chi connectivity index (χ4n) is 2.19. The number of aliphatic hydroxyl groups is 1. The van der Waals surface area contributed by atoms with Crippen LogP contribution in [-0.4, -0.2) is 5.11 Å². The third-order valence-electron chi connectivity index (χ3n) is 3.12. The van der Waals surface area contributed by atoms with Crippen molar-refractivity contribution in [3.8, 4) is 0 Å². The number of hydrogen-bond donors (Lipinski definition) is 1. The topological polar surface area (TPSA) is 20.2 Å². The van der Waals surface area contributed by atoms with E-state index in [4.69, 9.17) is 0 Å². The summed E-state index contributed by atoms with van der Waals surface area (Å²) in [5, 5.41) is 10.1. The third kappa shape index (κ3) is 3.02. The van der Waals surface area contributed by atoms with E-state index in [0.717, 1.165) is 18.4 Å². The van der Waals surface area contributed by atoms with Gasteiger partial charge in [0.05, 0.1) is 5.56 Å². The summed E-state index contributed by atoms with van der Waals surface area (Å²) < 4.78 is 40.2. The van der Waals surface area contributed by atoms with E-state index >= 15 is 0 Å². The normalized spacial score (nSPS) is 12.4. The van der Waals surface area contributed by atoms with Crippen LogP contribution in [0.5, 0.6) is 0 Å². The van der Waals surface area contributed by atoms with Crippen LogP contribution in [0.15, 0.2) is 36.4 Å². The standard InChI is InChI=1S/C16H15F3O/c1-2-4-10-5-3-6-11(7-10)16(20)15-13(18)8-12(17)9-14(15)19/h3,5-9,16,20H,2,4H2,1H3. The van der Waals surface area contributed by atoms with Crippen LogP contribution in [0.2, 0.25) is 0 Å². The first-order valence-electron chi connectivity index (χ1n) is 6.44. The van der Waals surface area contributed by atoms with Crippen LogP contribution in [0.25, 0.3) is 0 Å². The van der Waals surface area contributed by atoms with E-state index < -0.39 is 29.1 Å². The Morgan fingerprint density at radius 1 is 1.05 bits per heavy atom. The molecule has 0 aliphatic carbocycles. The van der Waals surface area contributed by atoms with Crippen molar-refractivity contribution in [2.24, 2.45) is 0 Å². The molecule has 0 amide bonds. The van der Waals surface area contributed by atoms with Gasteiger partial charge in [0.15, 0.2) is 0 Å². The predicted octanol–water partition coefficient (Wildman–Crippen LogP) is 4.14. The van der Waals surface area contributed by atoms with Crippen LogP contribution in [0.4, 0.5) is 13.2 Å². The summed E-state index contributed by atoms with van der Waals surface area (Å²) in [6, 6.07) is 8.04. The van der Waals surface area contributed by atoms with Gasteiger partial charge in [-0.1, -0.05) is 37.6 Å². The summed E-state index contributed by atoms with van der Waals surface area (Å²) in [6.07, 6.45) is 0.292. The monoisotopic (exact) mass is 280 g/mol. The number of aryl methyl sites for hydroxylation is 1. The number of hydrogen-bond acceptors (Lipinski definition) is 1. The Morgan fingerprint density at radius 2 is 1.70 bits per heavy atom. The molecule has 0 heterocycles. The Morgan fingerprint density at radius 3 is 2.30 bits per heavy atom. The SMILES string of the molecule is CCCc1cccc(C(O)c2c(F)cc(F)cc2F)c1. The van der Waals surface area contributed by atoms with Gasteiger partial charge in [-0.15, -0.1) is 0 Å². The molecular formula is C16H15F3O. The van der Waals surface area contributed by atoms with Gasteiger partial charge in [0.2, 0.25) is 0 Å². The minimum Gasteiger partial charge on any atom is -0.383 e. The lowest BCUT2D eigenvalue weighted by atomic mass is 9.97. The van der Waals surface area contributed by atoms with Crippen LogP contribution in [0, 0.1) is 17.5 Å². The van der Waals surface area contributed by atoms with Crippen LogP contribution in [0.3, 0.4) is 0 Å². The molecule has 2 rings (SSSR count). The summed E-state index contributed by atoms with van der Waals surface area (Å²) >= 11 is 0. The minimum absolute atomic E-state index is 0.389. The number of rotatable bonds is 4. The smallest absolute Gasteiger partial charge is 0.135 e. The van der Waals surface area contributed by atoms with Crippen molar-refractivity contribution < 1.29 is 18.3 Å². The molecule has 106 valence electrons. The van der Waals surface area contributed by atoms with Crippen LogP contribution >= 0.6 is 0 Å². The molecule has 0 saturated heterocycles.